The van der Waals surface area contributed by atoms with Gasteiger partial charge in [0, 0.05) is 16.0 Å². The number of halogens is 2. The molecular weight excluding hydrogens is 409 g/mol. The molecule has 140 valence electrons. The van der Waals surface area contributed by atoms with E-state index in [2.05, 4.69) is 0 Å². The Morgan fingerprint density at radius 3 is 2.11 bits per heavy atom. The van der Waals surface area contributed by atoms with Crippen molar-refractivity contribution < 1.29 is 17.9 Å². The molecule has 2 aromatic carbocycles. The van der Waals surface area contributed by atoms with Crippen LogP contribution in [0.4, 0.5) is 0 Å². The van der Waals surface area contributed by atoms with Crippen molar-refractivity contribution in [2.45, 2.75) is 23.0 Å². The van der Waals surface area contributed by atoms with Crippen LogP contribution in [0.3, 0.4) is 0 Å². The summed E-state index contributed by atoms with van der Waals surface area (Å²) in [7, 11) is -3.99. The first-order valence-electron chi connectivity index (χ1n) is 8.12. The van der Waals surface area contributed by atoms with E-state index in [9.17, 15) is 18.5 Å². The lowest BCUT2D eigenvalue weighted by Gasteiger charge is -2.09. The van der Waals surface area contributed by atoms with Gasteiger partial charge in [-0.3, -0.25) is 4.79 Å². The standard InChI is InChI=1S/C19H15Cl2NO4S/c1-2-26-18(23)19(11-22)16(12-3-5-13(20)6-4-12)17(19)27(24,25)15-9-7-14(21)8-10-15/h3-10,16-17H,2H2,1H3. The number of carbonyl (C=O) groups is 1. The Kier molecular flexibility index (Phi) is 5.22. The first-order valence-corrected chi connectivity index (χ1v) is 10.4. The summed E-state index contributed by atoms with van der Waals surface area (Å²) >= 11 is 11.7. The topological polar surface area (TPSA) is 84.2 Å². The van der Waals surface area contributed by atoms with Crippen molar-refractivity contribution in [2.75, 3.05) is 6.61 Å². The molecule has 8 heteroatoms. The van der Waals surface area contributed by atoms with Crippen LogP contribution in [0, 0.1) is 16.7 Å². The number of benzene rings is 2. The maximum absolute atomic E-state index is 13.2. The van der Waals surface area contributed by atoms with Gasteiger partial charge < -0.3 is 4.74 Å². The number of ether oxygens (including phenoxy) is 1. The Morgan fingerprint density at radius 2 is 1.63 bits per heavy atom. The van der Waals surface area contributed by atoms with Crippen LogP contribution in [0.5, 0.6) is 0 Å². The molecule has 3 unspecified atom stereocenters. The summed E-state index contributed by atoms with van der Waals surface area (Å²) in [4.78, 5) is 12.6. The van der Waals surface area contributed by atoms with Crippen LogP contribution in [0.2, 0.25) is 10.0 Å². The van der Waals surface area contributed by atoms with Gasteiger partial charge in [0.05, 0.1) is 17.6 Å². The quantitative estimate of drug-likeness (QED) is 0.678. The molecule has 0 bridgehead atoms. The number of nitrogens with zero attached hydrogens (tertiary/aromatic N) is 1. The molecule has 0 spiro atoms. The van der Waals surface area contributed by atoms with E-state index in [1.165, 1.54) is 24.3 Å². The predicted molar refractivity (Wildman–Crippen MR) is 101 cm³/mol. The smallest absolute Gasteiger partial charge is 0.328 e. The highest BCUT2D eigenvalue weighted by Gasteiger charge is 2.77. The Bertz CT molecular complexity index is 1010. The molecule has 0 amide bonds. The molecule has 3 atom stereocenters. The fourth-order valence-corrected chi connectivity index (χ4v) is 5.83. The summed E-state index contributed by atoms with van der Waals surface area (Å²) in [6.45, 7) is 1.65. The van der Waals surface area contributed by atoms with Crippen LogP contribution >= 0.6 is 23.2 Å². The highest BCUT2D eigenvalue weighted by molar-refractivity contribution is 7.92. The molecule has 0 aliphatic heterocycles. The molecule has 0 aromatic heterocycles. The summed E-state index contributed by atoms with van der Waals surface area (Å²) < 4.78 is 31.5. The number of sulfone groups is 1. The number of carbonyl (C=O) groups excluding carboxylic acids is 1. The van der Waals surface area contributed by atoms with Gasteiger partial charge in [-0.15, -0.1) is 0 Å². The second kappa shape index (κ2) is 7.16. The second-order valence-electron chi connectivity index (χ2n) is 6.15. The van der Waals surface area contributed by atoms with Crippen LogP contribution < -0.4 is 0 Å². The number of esters is 1. The number of hydrogen-bond acceptors (Lipinski definition) is 5. The monoisotopic (exact) mass is 423 g/mol. The van der Waals surface area contributed by atoms with Gasteiger partial charge in [-0.1, -0.05) is 35.3 Å². The third kappa shape index (κ3) is 3.20. The minimum atomic E-state index is -3.99. The number of rotatable bonds is 5. The molecule has 1 fully saturated rings. The molecule has 0 N–H and O–H groups in total. The second-order valence-corrected chi connectivity index (χ2v) is 9.09. The van der Waals surface area contributed by atoms with Gasteiger partial charge in [0.15, 0.2) is 15.3 Å². The molecule has 3 rings (SSSR count). The normalized spacial score (nSPS) is 24.1. The average Bonchev–Trinajstić information content (AvgIpc) is 3.34. The molecule has 0 saturated heterocycles. The van der Waals surface area contributed by atoms with Gasteiger partial charge >= 0.3 is 5.97 Å². The zero-order chi connectivity index (χ0) is 19.8. The molecule has 1 aliphatic rings. The lowest BCUT2D eigenvalue weighted by molar-refractivity contribution is -0.147. The third-order valence-corrected chi connectivity index (χ3v) is 7.38. The lowest BCUT2D eigenvalue weighted by atomic mass is 10.0. The molecule has 1 saturated carbocycles. The van der Waals surface area contributed by atoms with Gasteiger partial charge in [0.25, 0.3) is 0 Å². The average molecular weight is 424 g/mol. The van der Waals surface area contributed by atoms with Gasteiger partial charge in [0.2, 0.25) is 0 Å². The highest BCUT2D eigenvalue weighted by Crippen LogP contribution is 2.64. The Labute approximate surface area is 167 Å². The summed E-state index contributed by atoms with van der Waals surface area (Å²) in [6.07, 6.45) is 0. The van der Waals surface area contributed by atoms with E-state index in [0.29, 0.717) is 15.6 Å². The number of hydrogen-bond donors (Lipinski definition) is 0. The van der Waals surface area contributed by atoms with Crippen molar-refractivity contribution in [3.8, 4) is 6.07 Å². The van der Waals surface area contributed by atoms with Crippen molar-refractivity contribution in [3.63, 3.8) is 0 Å². The predicted octanol–water partition coefficient (Wildman–Crippen LogP) is 4.01. The first-order chi connectivity index (χ1) is 12.8. The maximum atomic E-state index is 13.2. The van der Waals surface area contributed by atoms with Crippen LogP contribution in [0.15, 0.2) is 53.4 Å². The summed E-state index contributed by atoms with van der Waals surface area (Å²) in [6, 6.07) is 14.0. The lowest BCUT2D eigenvalue weighted by Crippen LogP contribution is -2.25. The first kappa shape index (κ1) is 19.7. The summed E-state index contributed by atoms with van der Waals surface area (Å²) in [5, 5.41) is 9.40. The Balaban J connectivity index is 2.12. The van der Waals surface area contributed by atoms with E-state index in [1.807, 2.05) is 6.07 Å². The van der Waals surface area contributed by atoms with E-state index < -0.39 is 32.4 Å². The van der Waals surface area contributed by atoms with E-state index in [-0.39, 0.29) is 11.5 Å². The van der Waals surface area contributed by atoms with Crippen LogP contribution in [-0.4, -0.2) is 26.2 Å². The zero-order valence-corrected chi connectivity index (χ0v) is 16.6. The van der Waals surface area contributed by atoms with E-state index in [1.54, 1.807) is 31.2 Å². The largest absolute Gasteiger partial charge is 0.465 e. The van der Waals surface area contributed by atoms with E-state index >= 15 is 0 Å². The van der Waals surface area contributed by atoms with Crippen molar-refractivity contribution in [2.24, 2.45) is 5.41 Å². The molecular formula is C19H15Cl2NO4S. The van der Waals surface area contributed by atoms with Crippen LogP contribution in [-0.2, 0) is 19.4 Å². The van der Waals surface area contributed by atoms with Crippen molar-refractivity contribution in [1.82, 2.24) is 0 Å². The Morgan fingerprint density at radius 1 is 1.11 bits per heavy atom. The Hall–Kier alpha value is -2.07. The third-order valence-electron chi connectivity index (χ3n) is 4.64. The SMILES string of the molecule is CCOC(=O)C1(C#N)C(c2ccc(Cl)cc2)C1S(=O)(=O)c1ccc(Cl)cc1. The van der Waals surface area contributed by atoms with Gasteiger partial charge in [0.1, 0.15) is 5.25 Å². The molecule has 0 radical (unpaired) electrons. The summed E-state index contributed by atoms with van der Waals surface area (Å²) in [5.74, 6) is -1.69. The van der Waals surface area contributed by atoms with Crippen molar-refractivity contribution in [3.05, 3.63) is 64.1 Å². The summed E-state index contributed by atoms with van der Waals surface area (Å²) in [5.41, 5.74) is -1.26. The van der Waals surface area contributed by atoms with Crippen LogP contribution in [0.1, 0.15) is 18.4 Å². The fourth-order valence-electron chi connectivity index (χ4n) is 3.33. The van der Waals surface area contributed by atoms with Gasteiger partial charge in [-0.25, -0.2) is 8.42 Å². The minimum Gasteiger partial charge on any atom is -0.465 e. The van der Waals surface area contributed by atoms with E-state index in [0.717, 1.165) is 0 Å². The zero-order valence-electron chi connectivity index (χ0n) is 14.2. The maximum Gasteiger partial charge on any atom is 0.328 e. The van der Waals surface area contributed by atoms with Crippen LogP contribution in [0.25, 0.3) is 0 Å². The molecule has 0 heterocycles. The minimum absolute atomic E-state index is 0.00251. The number of nitriles is 1. The van der Waals surface area contributed by atoms with E-state index in [4.69, 9.17) is 27.9 Å². The highest BCUT2D eigenvalue weighted by atomic mass is 35.5. The van der Waals surface area contributed by atoms with Crippen molar-refractivity contribution in [1.29, 1.82) is 5.26 Å². The van der Waals surface area contributed by atoms with Gasteiger partial charge in [-0.05, 0) is 48.9 Å². The molecule has 2 aromatic rings. The molecule has 5 nitrogen and oxygen atoms in total. The fraction of sp³-hybridized carbons (Fsp3) is 0.263. The van der Waals surface area contributed by atoms with Gasteiger partial charge in [-0.2, -0.15) is 5.26 Å². The van der Waals surface area contributed by atoms with Crippen molar-refractivity contribution >= 4 is 39.0 Å². The molecule has 1 aliphatic carbocycles. The molecule has 27 heavy (non-hydrogen) atoms.